The molecule has 1 saturated heterocycles. The van der Waals surface area contributed by atoms with Crippen LogP contribution in [0.2, 0.25) is 0 Å². The second-order valence-corrected chi connectivity index (χ2v) is 5.46. The second-order valence-electron chi connectivity index (χ2n) is 5.46. The van der Waals surface area contributed by atoms with Crippen molar-refractivity contribution in [2.24, 2.45) is 0 Å². The fourth-order valence-corrected chi connectivity index (χ4v) is 2.37. The van der Waals surface area contributed by atoms with Crippen molar-refractivity contribution in [2.45, 2.75) is 36.8 Å². The number of carboxylic acid groups (broad SMARTS) is 1. The van der Waals surface area contributed by atoms with E-state index in [2.05, 4.69) is 6.58 Å². The van der Waals surface area contributed by atoms with Crippen LogP contribution in [0.5, 0.6) is 0 Å². The molecule has 0 saturated carbocycles. The van der Waals surface area contributed by atoms with Gasteiger partial charge in [-0.25, -0.2) is 4.79 Å². The first-order valence-electron chi connectivity index (χ1n) is 7.29. The minimum absolute atomic E-state index is 0.308. The number of benzene rings is 1. The van der Waals surface area contributed by atoms with Gasteiger partial charge in [-0.1, -0.05) is 30.9 Å². The summed E-state index contributed by atoms with van der Waals surface area (Å²) >= 11 is 0. The third-order valence-corrected chi connectivity index (χ3v) is 3.76. The molecule has 132 valence electrons. The minimum atomic E-state index is -1.79. The Kier molecular flexibility index (Phi) is 6.05. The number of ether oxygens (including phenoxy) is 2. The number of carboxylic acids is 1. The number of hydrogen-bond donors (Lipinski definition) is 5. The van der Waals surface area contributed by atoms with E-state index >= 15 is 0 Å². The maximum absolute atomic E-state index is 11.0. The van der Waals surface area contributed by atoms with Gasteiger partial charge in [0, 0.05) is 0 Å². The summed E-state index contributed by atoms with van der Waals surface area (Å²) in [7, 11) is 0. The summed E-state index contributed by atoms with van der Waals surface area (Å²) < 4.78 is 10.2. The average molecular weight is 340 g/mol. The molecule has 1 heterocycles. The quantitative estimate of drug-likeness (QED) is 0.457. The highest BCUT2D eigenvalue weighted by Gasteiger charge is 2.47. The molecule has 0 aliphatic carbocycles. The maximum Gasteiger partial charge on any atom is 0.335 e. The van der Waals surface area contributed by atoms with Gasteiger partial charge in [-0.3, -0.25) is 0 Å². The normalized spacial score (nSPS) is 31.4. The number of aliphatic hydroxyl groups excluding tert-OH is 4. The summed E-state index contributed by atoms with van der Waals surface area (Å²) in [6.45, 7) is 3.32. The number of aliphatic carboxylic acids is 1. The van der Waals surface area contributed by atoms with E-state index in [0.29, 0.717) is 5.56 Å². The van der Waals surface area contributed by atoms with Crippen LogP contribution < -0.4 is 0 Å². The molecule has 0 spiro atoms. The van der Waals surface area contributed by atoms with Crippen LogP contribution in [-0.4, -0.2) is 68.8 Å². The molecule has 24 heavy (non-hydrogen) atoms. The first-order valence-corrected chi connectivity index (χ1v) is 7.29. The fourth-order valence-electron chi connectivity index (χ4n) is 2.37. The largest absolute Gasteiger partial charge is 0.479 e. The SMILES string of the molecule is C=Cc1cccc([C@H](O)CO[C@@H]2O[C@H](C(=O)O)[C@@H](O)[C@H](O)[C@H]2O)c1. The lowest BCUT2D eigenvalue weighted by Gasteiger charge is -2.38. The van der Waals surface area contributed by atoms with Crippen LogP contribution in [0.25, 0.3) is 6.08 Å². The molecule has 1 aromatic carbocycles. The Morgan fingerprint density at radius 2 is 2.00 bits per heavy atom. The molecule has 8 nitrogen and oxygen atoms in total. The van der Waals surface area contributed by atoms with Crippen molar-refractivity contribution in [1.29, 1.82) is 0 Å². The molecule has 1 aliphatic rings. The van der Waals surface area contributed by atoms with E-state index in [4.69, 9.17) is 14.6 Å². The van der Waals surface area contributed by atoms with Crippen LogP contribution in [0.3, 0.4) is 0 Å². The first kappa shape index (κ1) is 18.5. The Morgan fingerprint density at radius 1 is 1.29 bits per heavy atom. The van der Waals surface area contributed by atoms with Crippen molar-refractivity contribution in [3.63, 3.8) is 0 Å². The molecule has 5 N–H and O–H groups in total. The van der Waals surface area contributed by atoms with Gasteiger partial charge in [-0.2, -0.15) is 0 Å². The van der Waals surface area contributed by atoms with Crippen LogP contribution in [0.1, 0.15) is 17.2 Å². The Labute approximate surface area is 138 Å². The van der Waals surface area contributed by atoms with Crippen molar-refractivity contribution >= 4 is 12.0 Å². The average Bonchev–Trinajstić information content (AvgIpc) is 2.58. The monoisotopic (exact) mass is 340 g/mol. The van der Waals surface area contributed by atoms with Gasteiger partial charge in [0.25, 0.3) is 0 Å². The molecule has 6 atom stereocenters. The molecule has 0 unspecified atom stereocenters. The molecule has 1 fully saturated rings. The number of hydrogen-bond acceptors (Lipinski definition) is 7. The molecule has 0 amide bonds. The second kappa shape index (κ2) is 7.84. The van der Waals surface area contributed by atoms with Crippen LogP contribution in [0.4, 0.5) is 0 Å². The minimum Gasteiger partial charge on any atom is -0.479 e. The lowest BCUT2D eigenvalue weighted by atomic mass is 9.99. The van der Waals surface area contributed by atoms with Gasteiger partial charge in [0.1, 0.15) is 24.4 Å². The Hall–Kier alpha value is -1.81. The summed E-state index contributed by atoms with van der Waals surface area (Å²) in [6, 6.07) is 6.88. The van der Waals surface area contributed by atoms with E-state index in [-0.39, 0.29) is 6.61 Å². The zero-order valence-electron chi connectivity index (χ0n) is 12.7. The summed E-state index contributed by atoms with van der Waals surface area (Å²) in [5.74, 6) is -1.50. The molecule has 0 aromatic heterocycles. The fraction of sp³-hybridized carbons (Fsp3) is 0.438. The van der Waals surface area contributed by atoms with Gasteiger partial charge in [-0.05, 0) is 17.2 Å². The van der Waals surface area contributed by atoms with Crippen molar-refractivity contribution in [3.05, 3.63) is 42.0 Å². The van der Waals surface area contributed by atoms with Crippen molar-refractivity contribution in [3.8, 4) is 0 Å². The van der Waals surface area contributed by atoms with Crippen molar-refractivity contribution < 1.29 is 39.8 Å². The van der Waals surface area contributed by atoms with Crippen LogP contribution in [0.15, 0.2) is 30.8 Å². The predicted octanol–water partition coefficient (Wildman–Crippen LogP) is -0.728. The maximum atomic E-state index is 11.0. The number of carbonyl (C=O) groups is 1. The van der Waals surface area contributed by atoms with E-state index in [9.17, 15) is 25.2 Å². The molecule has 0 bridgehead atoms. The number of rotatable bonds is 6. The van der Waals surface area contributed by atoms with Crippen LogP contribution in [-0.2, 0) is 14.3 Å². The molecule has 1 aromatic rings. The van der Waals surface area contributed by atoms with Gasteiger partial charge in [0.2, 0.25) is 0 Å². The third kappa shape index (κ3) is 3.99. The van der Waals surface area contributed by atoms with Crippen LogP contribution >= 0.6 is 0 Å². The summed E-state index contributed by atoms with van der Waals surface area (Å²) in [4.78, 5) is 11.0. The van der Waals surface area contributed by atoms with E-state index in [0.717, 1.165) is 5.56 Å². The molecule has 8 heteroatoms. The summed E-state index contributed by atoms with van der Waals surface area (Å²) in [5.41, 5.74) is 1.33. The van der Waals surface area contributed by atoms with E-state index < -0.39 is 42.8 Å². The molecular formula is C16H20O8. The summed E-state index contributed by atoms with van der Waals surface area (Å²) in [6.07, 6.45) is -7.87. The van der Waals surface area contributed by atoms with Crippen LogP contribution in [0, 0.1) is 0 Å². The zero-order valence-corrected chi connectivity index (χ0v) is 12.7. The standard InChI is InChI=1S/C16H20O8/c1-2-8-4-3-5-9(6-8)10(17)7-23-16-13(20)11(18)12(19)14(24-16)15(21)22/h2-6,10-14,16-20H,1,7H2,(H,21,22)/t10-,11+,12+,13-,14+,16-/m1/s1. The lowest BCUT2D eigenvalue weighted by molar-refractivity contribution is -0.297. The van der Waals surface area contributed by atoms with E-state index in [1.165, 1.54) is 0 Å². The lowest BCUT2D eigenvalue weighted by Crippen LogP contribution is -2.60. The van der Waals surface area contributed by atoms with Gasteiger partial charge in [0.05, 0.1) is 6.61 Å². The van der Waals surface area contributed by atoms with E-state index in [1.54, 1.807) is 30.3 Å². The Morgan fingerprint density at radius 3 is 2.62 bits per heavy atom. The first-order chi connectivity index (χ1) is 11.3. The highest BCUT2D eigenvalue weighted by atomic mass is 16.7. The van der Waals surface area contributed by atoms with Gasteiger partial charge < -0.3 is 35.0 Å². The highest BCUT2D eigenvalue weighted by Crippen LogP contribution is 2.24. The third-order valence-electron chi connectivity index (χ3n) is 3.76. The topological polar surface area (TPSA) is 137 Å². The number of aliphatic hydroxyl groups is 4. The zero-order chi connectivity index (χ0) is 17.9. The van der Waals surface area contributed by atoms with Crippen molar-refractivity contribution in [2.75, 3.05) is 6.61 Å². The predicted molar refractivity (Wildman–Crippen MR) is 81.8 cm³/mol. The van der Waals surface area contributed by atoms with Crippen molar-refractivity contribution in [1.82, 2.24) is 0 Å². The Bertz CT molecular complexity index is 589. The molecular weight excluding hydrogens is 320 g/mol. The van der Waals surface area contributed by atoms with Gasteiger partial charge in [0.15, 0.2) is 12.4 Å². The van der Waals surface area contributed by atoms with E-state index in [1.807, 2.05) is 0 Å². The molecule has 1 aliphatic heterocycles. The molecule has 0 radical (unpaired) electrons. The Balaban J connectivity index is 2.01. The van der Waals surface area contributed by atoms with Gasteiger partial charge in [-0.15, -0.1) is 0 Å². The van der Waals surface area contributed by atoms with Gasteiger partial charge >= 0.3 is 5.97 Å². The smallest absolute Gasteiger partial charge is 0.335 e. The summed E-state index contributed by atoms with van der Waals surface area (Å²) in [5, 5.41) is 48.2. The molecule has 2 rings (SSSR count). The highest BCUT2D eigenvalue weighted by molar-refractivity contribution is 5.73.